The molecule has 216 valence electrons. The van der Waals surface area contributed by atoms with E-state index in [1.54, 1.807) is 43.6 Å². The van der Waals surface area contributed by atoms with Gasteiger partial charge in [-0.1, -0.05) is 38.4 Å². The van der Waals surface area contributed by atoms with Gasteiger partial charge in [0.2, 0.25) is 5.91 Å². The van der Waals surface area contributed by atoms with Crippen LogP contribution in [-0.4, -0.2) is 49.3 Å². The normalized spacial score (nSPS) is 13.1. The van der Waals surface area contributed by atoms with Crippen LogP contribution in [0, 0.1) is 5.41 Å². The zero-order valence-corrected chi connectivity index (χ0v) is 24.9. The van der Waals surface area contributed by atoms with Gasteiger partial charge in [-0.15, -0.1) is 0 Å². The van der Waals surface area contributed by atoms with Crippen LogP contribution in [0.15, 0.2) is 59.2 Å². The van der Waals surface area contributed by atoms with Gasteiger partial charge in [-0.2, -0.15) is 0 Å². The molecule has 0 bridgehead atoms. The predicted molar refractivity (Wildman–Crippen MR) is 163 cm³/mol. The van der Waals surface area contributed by atoms with Crippen molar-refractivity contribution in [2.24, 2.45) is 10.4 Å². The second-order valence-corrected chi connectivity index (χ2v) is 11.5. The Balaban J connectivity index is 1.48. The number of aromatic nitrogens is 1. The standard InChI is InChI=1S/C32H36ClN3O5/c1-20(37)36-28-17-25-27(18-30(28)40-12-6-11-39-5)34-10-9-29(25)41-24-8-7-22(26(33)16-24)15-23(38)13-21-14-31(35-19-21)32(2,3)4/h7-10,14,16-18H,6,11-13,15,19H2,1-5H3,(H,36,37). The number of ketones is 1. The molecule has 3 aromatic rings. The van der Waals surface area contributed by atoms with Crippen molar-refractivity contribution >= 4 is 45.6 Å². The molecule has 1 aromatic heterocycles. The minimum Gasteiger partial charge on any atom is -0.491 e. The first kappa shape index (κ1) is 30.2. The van der Waals surface area contributed by atoms with Crippen molar-refractivity contribution in [1.29, 1.82) is 0 Å². The average Bonchev–Trinajstić information content (AvgIpc) is 3.37. The molecule has 1 amide bonds. The number of amides is 1. The third kappa shape index (κ3) is 8.15. The van der Waals surface area contributed by atoms with Gasteiger partial charge in [0.25, 0.3) is 0 Å². The highest BCUT2D eigenvalue weighted by Crippen LogP contribution is 2.37. The van der Waals surface area contributed by atoms with E-state index in [9.17, 15) is 9.59 Å². The Morgan fingerprint density at radius 3 is 2.54 bits per heavy atom. The van der Waals surface area contributed by atoms with Crippen molar-refractivity contribution < 1.29 is 23.8 Å². The van der Waals surface area contributed by atoms with Gasteiger partial charge in [-0.05, 0) is 41.5 Å². The summed E-state index contributed by atoms with van der Waals surface area (Å²) in [5.41, 5.74) is 3.93. The van der Waals surface area contributed by atoms with Crippen molar-refractivity contribution in [2.75, 3.05) is 32.2 Å². The zero-order chi connectivity index (χ0) is 29.6. The van der Waals surface area contributed by atoms with Crippen molar-refractivity contribution in [3.05, 3.63) is 64.8 Å². The molecule has 0 saturated carbocycles. The number of nitrogens with zero attached hydrogens (tertiary/aromatic N) is 2. The zero-order valence-electron chi connectivity index (χ0n) is 24.2. The minimum atomic E-state index is -0.222. The first-order valence-electron chi connectivity index (χ1n) is 13.6. The van der Waals surface area contributed by atoms with Crippen LogP contribution in [0.3, 0.4) is 0 Å². The van der Waals surface area contributed by atoms with Crippen LogP contribution in [0.1, 0.15) is 46.1 Å². The van der Waals surface area contributed by atoms with E-state index in [0.717, 1.165) is 16.8 Å². The number of hydrogen-bond acceptors (Lipinski definition) is 7. The fourth-order valence-electron chi connectivity index (χ4n) is 4.45. The molecule has 1 aliphatic rings. The SMILES string of the molecule is COCCCOc1cc2nccc(Oc3ccc(CC(=O)CC4=CC(C(C)(C)C)=NC4)c(Cl)c3)c2cc1NC(C)=O. The van der Waals surface area contributed by atoms with E-state index in [1.165, 1.54) is 6.92 Å². The van der Waals surface area contributed by atoms with Crippen molar-refractivity contribution in [2.45, 2.75) is 47.0 Å². The highest BCUT2D eigenvalue weighted by molar-refractivity contribution is 6.31. The number of carbonyl (C=O) groups is 2. The van der Waals surface area contributed by atoms with Gasteiger partial charge in [0.15, 0.2) is 0 Å². The summed E-state index contributed by atoms with van der Waals surface area (Å²) in [4.78, 5) is 33.7. The van der Waals surface area contributed by atoms with E-state index in [4.69, 9.17) is 25.8 Å². The number of pyridine rings is 1. The second-order valence-electron chi connectivity index (χ2n) is 11.1. The van der Waals surface area contributed by atoms with Crippen LogP contribution in [0.2, 0.25) is 5.02 Å². The molecule has 41 heavy (non-hydrogen) atoms. The number of ether oxygens (including phenoxy) is 3. The Morgan fingerprint density at radius 2 is 1.85 bits per heavy atom. The largest absolute Gasteiger partial charge is 0.491 e. The number of halogens is 1. The van der Waals surface area contributed by atoms with Crippen LogP contribution >= 0.6 is 11.6 Å². The fraction of sp³-hybridized carbons (Fsp3) is 0.375. The van der Waals surface area contributed by atoms with Crippen molar-refractivity contribution in [1.82, 2.24) is 4.98 Å². The maximum atomic E-state index is 12.8. The molecule has 0 aliphatic carbocycles. The summed E-state index contributed by atoms with van der Waals surface area (Å²) in [7, 11) is 1.64. The molecule has 0 saturated heterocycles. The summed E-state index contributed by atoms with van der Waals surface area (Å²) in [6.07, 6.45) is 4.98. The van der Waals surface area contributed by atoms with Crippen LogP contribution in [-0.2, 0) is 20.7 Å². The molecule has 0 fully saturated rings. The first-order chi connectivity index (χ1) is 19.5. The van der Waals surface area contributed by atoms with E-state index in [0.29, 0.717) is 71.5 Å². The topological polar surface area (TPSA) is 99.1 Å². The lowest BCUT2D eigenvalue weighted by atomic mass is 9.89. The molecule has 2 heterocycles. The molecule has 4 rings (SSSR count). The molecule has 0 atom stereocenters. The van der Waals surface area contributed by atoms with E-state index in [-0.39, 0.29) is 23.5 Å². The van der Waals surface area contributed by atoms with E-state index < -0.39 is 0 Å². The Bertz CT molecular complexity index is 1510. The Morgan fingerprint density at radius 1 is 1.05 bits per heavy atom. The smallest absolute Gasteiger partial charge is 0.221 e. The Labute approximate surface area is 245 Å². The summed E-state index contributed by atoms with van der Waals surface area (Å²) < 4.78 is 17.2. The van der Waals surface area contributed by atoms with E-state index >= 15 is 0 Å². The molecule has 0 radical (unpaired) electrons. The van der Waals surface area contributed by atoms with Crippen LogP contribution in [0.5, 0.6) is 17.2 Å². The lowest BCUT2D eigenvalue weighted by Gasteiger charge is -2.16. The third-order valence-electron chi connectivity index (χ3n) is 6.49. The summed E-state index contributed by atoms with van der Waals surface area (Å²) in [5.74, 6) is 1.43. The molecule has 9 heteroatoms. The first-order valence-corrected chi connectivity index (χ1v) is 14.0. The number of rotatable bonds is 12. The number of carbonyl (C=O) groups excluding carboxylic acids is 2. The van der Waals surface area contributed by atoms with Crippen molar-refractivity contribution in [3.63, 3.8) is 0 Å². The molecule has 1 N–H and O–H groups in total. The van der Waals surface area contributed by atoms with Crippen LogP contribution in [0.4, 0.5) is 5.69 Å². The van der Waals surface area contributed by atoms with Crippen LogP contribution in [0.25, 0.3) is 10.9 Å². The molecule has 8 nitrogen and oxygen atoms in total. The van der Waals surface area contributed by atoms with Gasteiger partial charge in [0.05, 0.1) is 24.4 Å². The number of anilines is 1. The monoisotopic (exact) mass is 577 g/mol. The van der Waals surface area contributed by atoms with Gasteiger partial charge in [0, 0.05) is 73.7 Å². The maximum absolute atomic E-state index is 12.8. The van der Waals surface area contributed by atoms with Gasteiger partial charge in [-0.25, -0.2) is 0 Å². The summed E-state index contributed by atoms with van der Waals surface area (Å²) in [6.45, 7) is 9.36. The highest BCUT2D eigenvalue weighted by atomic mass is 35.5. The van der Waals surface area contributed by atoms with E-state index in [2.05, 4.69) is 36.1 Å². The quantitative estimate of drug-likeness (QED) is 0.233. The second kappa shape index (κ2) is 13.3. The van der Waals surface area contributed by atoms with Crippen LogP contribution < -0.4 is 14.8 Å². The van der Waals surface area contributed by atoms with Crippen molar-refractivity contribution in [3.8, 4) is 17.2 Å². The summed E-state index contributed by atoms with van der Waals surface area (Å²) >= 11 is 6.58. The number of benzene rings is 2. The predicted octanol–water partition coefficient (Wildman–Crippen LogP) is 6.98. The molecule has 0 spiro atoms. The number of fused-ring (bicyclic) bond motifs is 1. The summed E-state index contributed by atoms with van der Waals surface area (Å²) in [5, 5.41) is 3.97. The number of methoxy groups -OCH3 is 1. The van der Waals surface area contributed by atoms with E-state index in [1.807, 2.05) is 12.1 Å². The molecular formula is C32H36ClN3O5. The van der Waals surface area contributed by atoms with Gasteiger partial charge < -0.3 is 19.5 Å². The third-order valence-corrected chi connectivity index (χ3v) is 6.84. The maximum Gasteiger partial charge on any atom is 0.221 e. The average molecular weight is 578 g/mol. The lowest BCUT2D eigenvalue weighted by Crippen LogP contribution is -2.16. The van der Waals surface area contributed by atoms with Gasteiger partial charge in [-0.3, -0.25) is 19.6 Å². The molecular weight excluding hydrogens is 542 g/mol. The highest BCUT2D eigenvalue weighted by Gasteiger charge is 2.22. The minimum absolute atomic E-state index is 0.0320. The number of Topliss-reactive ketones (excluding diaryl/α,β-unsaturated/α-hetero) is 1. The lowest BCUT2D eigenvalue weighted by molar-refractivity contribution is -0.118. The van der Waals surface area contributed by atoms with Gasteiger partial charge >= 0.3 is 0 Å². The fourth-order valence-corrected chi connectivity index (χ4v) is 4.69. The van der Waals surface area contributed by atoms with Gasteiger partial charge in [0.1, 0.15) is 23.0 Å². The molecule has 2 aromatic carbocycles. The molecule has 1 aliphatic heterocycles. The Kier molecular flexibility index (Phi) is 9.78. The number of allylic oxidation sites excluding steroid dienone is 1. The summed E-state index contributed by atoms with van der Waals surface area (Å²) in [6, 6.07) is 10.6. The number of nitrogens with one attached hydrogen (secondary N) is 1. The molecule has 0 unspecified atom stereocenters. The Hall–Kier alpha value is -3.75. The number of aliphatic imine (C=N–C) groups is 1. The number of hydrogen-bond donors (Lipinski definition) is 1.